The Morgan fingerprint density at radius 2 is 0.907 bits per heavy atom. The molecule has 0 aliphatic carbocycles. The molecule has 0 N–H and O–H groups in total. The fourth-order valence-electron chi connectivity index (χ4n) is 6.71. The average Bonchev–Trinajstić information content (AvgIpc) is 3.41. The molecule has 43 heavy (non-hydrogen) atoms. The molecule has 0 fully saturated rings. The Balaban J connectivity index is 1.58. The van der Waals surface area contributed by atoms with Gasteiger partial charge in [0.1, 0.15) is 12.4 Å². The minimum absolute atomic E-state index is 1.15. The van der Waals surface area contributed by atoms with E-state index < -0.39 is 0 Å². The first kappa shape index (κ1) is 37.6. The minimum atomic E-state index is 1.15. The SMILES string of the molecule is CCCCCCCCCCCCCCCCCCCc1n(CCCCCCCCCC)cc[n+]1CCCc1ccccc1. The Morgan fingerprint density at radius 3 is 1.40 bits per heavy atom. The monoisotopic (exact) mass is 594 g/mol. The van der Waals surface area contributed by atoms with Crippen molar-refractivity contribution in [3.8, 4) is 0 Å². The van der Waals surface area contributed by atoms with Gasteiger partial charge in [0, 0.05) is 6.42 Å². The molecule has 0 bridgehead atoms. The molecule has 0 unspecified atom stereocenters. The molecule has 0 saturated heterocycles. The summed E-state index contributed by atoms with van der Waals surface area (Å²) in [6, 6.07) is 11.0. The molecule has 0 aliphatic rings. The highest BCUT2D eigenvalue weighted by Gasteiger charge is 2.16. The van der Waals surface area contributed by atoms with Crippen LogP contribution in [0.25, 0.3) is 0 Å². The first-order chi connectivity index (χ1) is 21.3. The van der Waals surface area contributed by atoms with E-state index in [1.165, 1.54) is 192 Å². The third-order valence-corrected chi connectivity index (χ3v) is 9.55. The number of imidazole rings is 1. The van der Waals surface area contributed by atoms with Gasteiger partial charge in [-0.25, -0.2) is 9.13 Å². The van der Waals surface area contributed by atoms with Crippen molar-refractivity contribution in [1.29, 1.82) is 0 Å². The third-order valence-electron chi connectivity index (χ3n) is 9.55. The molecular weight excluding hydrogens is 520 g/mol. The lowest BCUT2D eigenvalue weighted by Gasteiger charge is -2.07. The lowest BCUT2D eigenvalue weighted by atomic mass is 10.0. The Labute approximate surface area is 269 Å². The number of hydrogen-bond acceptors (Lipinski definition) is 0. The quantitative estimate of drug-likeness (QED) is 0.0607. The standard InChI is InChI=1S/C41H73N2/c1-3-5-7-9-11-13-14-15-16-17-18-19-20-21-22-24-29-35-41-42(36-30-25-23-12-10-8-6-4-2)38-39-43(41)37-31-34-40-32-27-26-28-33-40/h26-28,32-33,38-39H,3-25,29-31,34-37H2,1-2H3/q+1. The Morgan fingerprint density at radius 1 is 0.465 bits per heavy atom. The Hall–Kier alpha value is -1.57. The maximum Gasteiger partial charge on any atom is 0.256 e. The first-order valence-corrected chi connectivity index (χ1v) is 19.5. The second-order valence-corrected chi connectivity index (χ2v) is 13.6. The molecule has 2 heteroatoms. The van der Waals surface area contributed by atoms with E-state index in [-0.39, 0.29) is 0 Å². The topological polar surface area (TPSA) is 8.81 Å². The fraction of sp³-hybridized carbons (Fsp3) is 0.780. The molecular formula is C41H73N2+. The van der Waals surface area contributed by atoms with Crippen LogP contribution >= 0.6 is 0 Å². The average molecular weight is 594 g/mol. The summed E-state index contributed by atoms with van der Waals surface area (Å²) in [6.45, 7) is 6.97. The predicted molar refractivity (Wildman–Crippen MR) is 190 cm³/mol. The van der Waals surface area contributed by atoms with E-state index >= 15 is 0 Å². The number of rotatable bonds is 31. The summed E-state index contributed by atoms with van der Waals surface area (Å²) in [4.78, 5) is 0. The zero-order valence-corrected chi connectivity index (χ0v) is 29.1. The molecule has 1 heterocycles. The van der Waals surface area contributed by atoms with Crippen LogP contribution in [0.1, 0.15) is 192 Å². The van der Waals surface area contributed by atoms with Crippen molar-refractivity contribution in [3.05, 3.63) is 54.1 Å². The zero-order chi connectivity index (χ0) is 30.5. The van der Waals surface area contributed by atoms with Gasteiger partial charge in [0.25, 0.3) is 5.82 Å². The highest BCUT2D eigenvalue weighted by Crippen LogP contribution is 2.15. The van der Waals surface area contributed by atoms with Crippen LogP contribution in [0.4, 0.5) is 0 Å². The first-order valence-electron chi connectivity index (χ1n) is 19.5. The van der Waals surface area contributed by atoms with Gasteiger partial charge < -0.3 is 0 Å². The largest absolute Gasteiger partial charge is 0.256 e. The van der Waals surface area contributed by atoms with Gasteiger partial charge in [0.2, 0.25) is 0 Å². The molecule has 1 aromatic carbocycles. The molecule has 2 nitrogen and oxygen atoms in total. The van der Waals surface area contributed by atoms with E-state index in [1.54, 1.807) is 5.82 Å². The number of unbranched alkanes of at least 4 members (excludes halogenated alkanes) is 23. The van der Waals surface area contributed by atoms with Gasteiger partial charge in [-0.3, -0.25) is 0 Å². The van der Waals surface area contributed by atoms with E-state index in [1.807, 2.05) is 0 Å². The van der Waals surface area contributed by atoms with Crippen molar-refractivity contribution in [2.45, 2.75) is 207 Å². The molecule has 0 amide bonds. The summed E-state index contributed by atoms with van der Waals surface area (Å²) in [7, 11) is 0. The number of nitrogens with zero attached hydrogens (tertiary/aromatic N) is 2. The molecule has 0 aliphatic heterocycles. The van der Waals surface area contributed by atoms with Gasteiger partial charge in [-0.05, 0) is 37.7 Å². The fourth-order valence-corrected chi connectivity index (χ4v) is 6.71. The smallest absolute Gasteiger partial charge is 0.234 e. The second kappa shape index (κ2) is 27.9. The van der Waals surface area contributed by atoms with Gasteiger partial charge in [-0.2, -0.15) is 0 Å². The summed E-state index contributed by atoms with van der Waals surface area (Å²) >= 11 is 0. The molecule has 0 atom stereocenters. The van der Waals surface area contributed by atoms with Crippen LogP contribution in [0.5, 0.6) is 0 Å². The number of aryl methyl sites for hydroxylation is 3. The van der Waals surface area contributed by atoms with Gasteiger partial charge in [0.15, 0.2) is 0 Å². The highest BCUT2D eigenvalue weighted by molar-refractivity contribution is 5.14. The second-order valence-electron chi connectivity index (χ2n) is 13.6. The number of hydrogen-bond donors (Lipinski definition) is 0. The van der Waals surface area contributed by atoms with Crippen molar-refractivity contribution >= 4 is 0 Å². The maximum atomic E-state index is 2.60. The van der Waals surface area contributed by atoms with E-state index in [2.05, 4.69) is 65.7 Å². The van der Waals surface area contributed by atoms with Crippen LogP contribution in [-0.2, 0) is 25.9 Å². The van der Waals surface area contributed by atoms with E-state index in [0.717, 1.165) is 6.54 Å². The van der Waals surface area contributed by atoms with E-state index in [9.17, 15) is 0 Å². The lowest BCUT2D eigenvalue weighted by Crippen LogP contribution is -2.37. The van der Waals surface area contributed by atoms with Crippen molar-refractivity contribution in [1.82, 2.24) is 4.57 Å². The molecule has 0 spiro atoms. The summed E-state index contributed by atoms with van der Waals surface area (Å²) in [5.41, 5.74) is 1.47. The summed E-state index contributed by atoms with van der Waals surface area (Å²) in [5, 5.41) is 0. The Bertz CT molecular complexity index is 839. The van der Waals surface area contributed by atoms with Crippen molar-refractivity contribution < 1.29 is 4.57 Å². The van der Waals surface area contributed by atoms with Gasteiger partial charge >= 0.3 is 0 Å². The molecule has 2 aromatic rings. The van der Waals surface area contributed by atoms with Gasteiger partial charge in [0.05, 0.1) is 13.1 Å². The minimum Gasteiger partial charge on any atom is -0.234 e. The van der Waals surface area contributed by atoms with Crippen molar-refractivity contribution in [2.24, 2.45) is 0 Å². The summed E-state index contributed by atoms with van der Waals surface area (Å²) in [5.74, 6) is 1.58. The van der Waals surface area contributed by atoms with Gasteiger partial charge in [-0.15, -0.1) is 0 Å². The van der Waals surface area contributed by atoms with Crippen LogP contribution in [0.2, 0.25) is 0 Å². The summed E-state index contributed by atoms with van der Waals surface area (Å²) in [6.07, 6.45) is 44.1. The van der Waals surface area contributed by atoms with Crippen LogP contribution in [-0.4, -0.2) is 4.57 Å². The van der Waals surface area contributed by atoms with E-state index in [4.69, 9.17) is 0 Å². The van der Waals surface area contributed by atoms with Crippen LogP contribution < -0.4 is 4.57 Å². The summed E-state index contributed by atoms with van der Waals surface area (Å²) < 4.78 is 5.19. The van der Waals surface area contributed by atoms with Crippen molar-refractivity contribution in [3.63, 3.8) is 0 Å². The lowest BCUT2D eigenvalue weighted by molar-refractivity contribution is -0.704. The van der Waals surface area contributed by atoms with Crippen LogP contribution in [0.3, 0.4) is 0 Å². The van der Waals surface area contributed by atoms with Crippen LogP contribution in [0, 0.1) is 0 Å². The molecule has 1 aromatic heterocycles. The van der Waals surface area contributed by atoms with E-state index in [0.29, 0.717) is 0 Å². The zero-order valence-electron chi connectivity index (χ0n) is 29.1. The number of benzene rings is 1. The van der Waals surface area contributed by atoms with Gasteiger partial charge in [-0.1, -0.05) is 185 Å². The number of aromatic nitrogens is 2. The third kappa shape index (κ3) is 20.2. The maximum absolute atomic E-state index is 2.60. The molecule has 0 saturated carbocycles. The Kier molecular flexibility index (Phi) is 24.4. The normalized spacial score (nSPS) is 11.5. The molecule has 246 valence electrons. The molecule has 0 radical (unpaired) electrons. The predicted octanol–water partition coefficient (Wildman–Crippen LogP) is 12.7. The van der Waals surface area contributed by atoms with Crippen molar-refractivity contribution in [2.75, 3.05) is 0 Å². The van der Waals surface area contributed by atoms with Crippen LogP contribution in [0.15, 0.2) is 42.7 Å². The molecule has 2 rings (SSSR count). The highest BCUT2D eigenvalue weighted by atomic mass is 15.1.